The molecule has 0 aliphatic rings. The Morgan fingerprint density at radius 1 is 0.923 bits per heavy atom. The zero-order chi connectivity index (χ0) is 18.1. The fraction of sp³-hybridized carbons (Fsp3) is 0.316. The highest BCUT2D eigenvalue weighted by Gasteiger charge is 2.04. The quantitative estimate of drug-likeness (QED) is 0.358. The summed E-state index contributed by atoms with van der Waals surface area (Å²) in [5.74, 6) is 0.827. The molecule has 7 heteroatoms. The van der Waals surface area contributed by atoms with Crippen molar-refractivity contribution in [3.8, 4) is 0 Å². The molecule has 0 atom stereocenters. The van der Waals surface area contributed by atoms with Crippen molar-refractivity contribution in [1.29, 1.82) is 0 Å². The van der Waals surface area contributed by atoms with E-state index in [1.54, 1.807) is 0 Å². The molecule has 0 bridgehead atoms. The van der Waals surface area contributed by atoms with Crippen molar-refractivity contribution in [3.63, 3.8) is 0 Å². The van der Waals surface area contributed by atoms with Crippen molar-refractivity contribution in [1.82, 2.24) is 10.6 Å². The van der Waals surface area contributed by atoms with Crippen molar-refractivity contribution in [2.75, 3.05) is 12.8 Å². The molecule has 0 fully saturated rings. The first-order chi connectivity index (χ1) is 12.0. The van der Waals surface area contributed by atoms with Crippen molar-refractivity contribution in [2.24, 2.45) is 4.99 Å². The molecule has 2 N–H and O–H groups in total. The average molecular weight is 487 g/mol. The Hall–Kier alpha value is -1.61. The van der Waals surface area contributed by atoms with Crippen molar-refractivity contribution in [3.05, 3.63) is 71.3 Å². The van der Waals surface area contributed by atoms with E-state index in [9.17, 15) is 8.42 Å². The lowest BCUT2D eigenvalue weighted by molar-refractivity contribution is 0.601. The van der Waals surface area contributed by atoms with Crippen LogP contribution in [0.15, 0.2) is 59.6 Å². The van der Waals surface area contributed by atoms with Gasteiger partial charge >= 0.3 is 0 Å². The normalized spacial score (nSPS) is 11.5. The standard InChI is InChI=1S/C19H25N3O2S.HI/c1-3-20-19(21-13-16-7-5-4-6-8-16)22-14-17-9-11-18(12-10-17)15-25(2,23)24;/h4-12H,3,13-15H2,1-2H3,(H2,20,21,22);1H. The van der Waals surface area contributed by atoms with Crippen LogP contribution < -0.4 is 10.6 Å². The van der Waals surface area contributed by atoms with E-state index in [1.165, 1.54) is 6.26 Å². The summed E-state index contributed by atoms with van der Waals surface area (Å²) < 4.78 is 22.7. The second kappa shape index (κ2) is 11.2. The van der Waals surface area contributed by atoms with Gasteiger partial charge in [0.15, 0.2) is 15.8 Å². The van der Waals surface area contributed by atoms with E-state index in [4.69, 9.17) is 0 Å². The van der Waals surface area contributed by atoms with Crippen LogP contribution >= 0.6 is 24.0 Å². The van der Waals surface area contributed by atoms with Gasteiger partial charge in [0.2, 0.25) is 0 Å². The number of hydrogen-bond acceptors (Lipinski definition) is 3. The van der Waals surface area contributed by atoms with Crippen molar-refractivity contribution < 1.29 is 8.42 Å². The summed E-state index contributed by atoms with van der Waals surface area (Å²) >= 11 is 0. The maximum Gasteiger partial charge on any atom is 0.191 e. The van der Waals surface area contributed by atoms with Gasteiger partial charge in [-0.05, 0) is 23.6 Å². The summed E-state index contributed by atoms with van der Waals surface area (Å²) in [7, 11) is -3.00. The Balaban J connectivity index is 0.00000338. The molecule has 0 spiro atoms. The summed E-state index contributed by atoms with van der Waals surface area (Å²) in [6.07, 6.45) is 1.24. The van der Waals surface area contributed by atoms with Gasteiger partial charge in [-0.3, -0.25) is 0 Å². The molecule has 0 aromatic heterocycles. The fourth-order valence-corrected chi connectivity index (χ4v) is 3.14. The van der Waals surface area contributed by atoms with Crippen LogP contribution in [0, 0.1) is 0 Å². The molecule has 0 aliphatic carbocycles. The SMILES string of the molecule is CCNC(=NCc1ccccc1)NCc1ccc(CS(C)(=O)=O)cc1.I. The summed E-state index contributed by atoms with van der Waals surface area (Å²) in [5.41, 5.74) is 3.03. The molecule has 2 aromatic rings. The first-order valence-electron chi connectivity index (χ1n) is 8.28. The molecule has 0 saturated heterocycles. The number of rotatable bonds is 7. The van der Waals surface area contributed by atoms with Gasteiger partial charge in [-0.2, -0.15) is 0 Å². The first-order valence-corrected chi connectivity index (χ1v) is 10.3. The van der Waals surface area contributed by atoms with Crippen molar-refractivity contribution in [2.45, 2.75) is 25.8 Å². The Bertz CT molecular complexity index is 791. The zero-order valence-corrected chi connectivity index (χ0v) is 18.3. The van der Waals surface area contributed by atoms with E-state index >= 15 is 0 Å². The highest BCUT2D eigenvalue weighted by molar-refractivity contribution is 14.0. The van der Waals surface area contributed by atoms with Gasteiger partial charge in [-0.15, -0.1) is 24.0 Å². The Labute approximate surface area is 173 Å². The largest absolute Gasteiger partial charge is 0.357 e. The molecule has 2 aromatic carbocycles. The predicted octanol–water partition coefficient (Wildman–Crippen LogP) is 3.10. The van der Waals surface area contributed by atoms with E-state index in [0.29, 0.717) is 13.1 Å². The van der Waals surface area contributed by atoms with Crippen LogP contribution in [0.1, 0.15) is 23.6 Å². The summed E-state index contributed by atoms with van der Waals surface area (Å²) in [5, 5.41) is 6.52. The number of nitrogens with zero attached hydrogens (tertiary/aromatic N) is 1. The molecule has 26 heavy (non-hydrogen) atoms. The molecule has 0 saturated carbocycles. The van der Waals surface area contributed by atoms with Gasteiger partial charge in [0, 0.05) is 19.3 Å². The second-order valence-corrected chi connectivity index (χ2v) is 8.06. The van der Waals surface area contributed by atoms with E-state index in [-0.39, 0.29) is 29.7 Å². The number of aliphatic imine (C=N–C) groups is 1. The predicted molar refractivity (Wildman–Crippen MR) is 119 cm³/mol. The minimum absolute atomic E-state index is 0. The molecule has 0 heterocycles. The maximum atomic E-state index is 11.3. The molecule has 5 nitrogen and oxygen atoms in total. The van der Waals surface area contributed by atoms with Gasteiger partial charge in [0.25, 0.3) is 0 Å². The summed E-state index contributed by atoms with van der Waals surface area (Å²) in [4.78, 5) is 4.58. The third kappa shape index (κ3) is 8.66. The highest BCUT2D eigenvalue weighted by atomic mass is 127. The van der Waals surface area contributed by atoms with Crippen LogP contribution in [0.4, 0.5) is 0 Å². The number of nitrogens with one attached hydrogen (secondary N) is 2. The minimum Gasteiger partial charge on any atom is -0.357 e. The third-order valence-corrected chi connectivity index (χ3v) is 4.38. The Morgan fingerprint density at radius 3 is 2.12 bits per heavy atom. The minimum atomic E-state index is -3.00. The topological polar surface area (TPSA) is 70.6 Å². The fourth-order valence-electron chi connectivity index (χ4n) is 2.34. The third-order valence-electron chi connectivity index (χ3n) is 3.52. The van der Waals surface area contributed by atoms with Crippen LogP contribution in [0.2, 0.25) is 0 Å². The summed E-state index contributed by atoms with van der Waals surface area (Å²) in [6, 6.07) is 17.7. The maximum absolute atomic E-state index is 11.3. The lowest BCUT2D eigenvalue weighted by Crippen LogP contribution is -2.36. The molecule has 0 aliphatic heterocycles. The van der Waals surface area contributed by atoms with Crippen LogP contribution in [-0.2, 0) is 28.7 Å². The zero-order valence-electron chi connectivity index (χ0n) is 15.1. The van der Waals surface area contributed by atoms with E-state index < -0.39 is 9.84 Å². The number of hydrogen-bond donors (Lipinski definition) is 2. The lowest BCUT2D eigenvalue weighted by atomic mass is 10.1. The van der Waals surface area contributed by atoms with E-state index in [2.05, 4.69) is 15.6 Å². The molecular formula is C19H26IN3O2S. The first kappa shape index (κ1) is 22.4. The van der Waals surface area contributed by atoms with Crippen LogP contribution in [0.5, 0.6) is 0 Å². The van der Waals surface area contributed by atoms with Crippen LogP contribution in [0.3, 0.4) is 0 Å². The summed E-state index contributed by atoms with van der Waals surface area (Å²) in [6.45, 7) is 4.05. The molecule has 142 valence electrons. The van der Waals surface area contributed by atoms with Gasteiger partial charge in [0.1, 0.15) is 0 Å². The number of benzene rings is 2. The van der Waals surface area contributed by atoms with Gasteiger partial charge in [-0.1, -0.05) is 54.6 Å². The molecule has 0 radical (unpaired) electrons. The number of sulfone groups is 1. The van der Waals surface area contributed by atoms with Gasteiger partial charge in [0.05, 0.1) is 12.3 Å². The Kier molecular flexibility index (Phi) is 9.64. The number of guanidine groups is 1. The van der Waals surface area contributed by atoms with Gasteiger partial charge < -0.3 is 10.6 Å². The Morgan fingerprint density at radius 2 is 1.54 bits per heavy atom. The monoisotopic (exact) mass is 487 g/mol. The molecular weight excluding hydrogens is 461 g/mol. The van der Waals surface area contributed by atoms with Crippen LogP contribution in [-0.4, -0.2) is 27.2 Å². The highest BCUT2D eigenvalue weighted by Crippen LogP contribution is 2.08. The molecule has 0 amide bonds. The van der Waals surface area contributed by atoms with Gasteiger partial charge in [-0.25, -0.2) is 13.4 Å². The second-order valence-electron chi connectivity index (χ2n) is 5.92. The number of halogens is 1. The average Bonchev–Trinajstić information content (AvgIpc) is 2.58. The lowest BCUT2D eigenvalue weighted by Gasteiger charge is -2.12. The van der Waals surface area contributed by atoms with E-state index in [1.807, 2.05) is 61.5 Å². The molecule has 0 unspecified atom stereocenters. The van der Waals surface area contributed by atoms with E-state index in [0.717, 1.165) is 29.2 Å². The van der Waals surface area contributed by atoms with Crippen LogP contribution in [0.25, 0.3) is 0 Å². The van der Waals surface area contributed by atoms with Crippen molar-refractivity contribution >= 4 is 39.8 Å². The molecule has 2 rings (SSSR count). The smallest absolute Gasteiger partial charge is 0.191 e.